The van der Waals surface area contributed by atoms with Gasteiger partial charge in [-0.25, -0.2) is 19.2 Å². The predicted octanol–water partition coefficient (Wildman–Crippen LogP) is 4.01. The molecule has 2 saturated heterocycles. The lowest BCUT2D eigenvalue weighted by Crippen LogP contribution is -2.62. The standard InChI is InChI=1S/C20H28O8.C11H16O7/c1-3-12(2)16(21)27-19-5-13-4-14(6-19)8-20(7-13,11-19)28-18(23)25-10-15-9-24-17(22)26-15;1-3-7(2)10(13)16-6-9(12)15-4-8-5-17-11(14)18-8/h12-15H,3-11H2,1-2H3;7-8H,3-6H2,1-2H3. The molecule has 6 atom stereocenters. The lowest BCUT2D eigenvalue weighted by atomic mass is 9.52. The van der Waals surface area contributed by atoms with Crippen molar-refractivity contribution in [2.24, 2.45) is 23.7 Å². The second kappa shape index (κ2) is 15.2. The van der Waals surface area contributed by atoms with E-state index in [2.05, 4.69) is 14.2 Å². The predicted molar refractivity (Wildman–Crippen MR) is 152 cm³/mol. The Morgan fingerprint density at radius 1 is 0.739 bits per heavy atom. The van der Waals surface area contributed by atoms with Gasteiger partial charge in [0.25, 0.3) is 0 Å². The molecule has 2 heterocycles. The molecule has 0 N–H and O–H groups in total. The summed E-state index contributed by atoms with van der Waals surface area (Å²) in [6, 6.07) is 0. The van der Waals surface area contributed by atoms with E-state index in [4.69, 9.17) is 28.4 Å². The minimum atomic E-state index is -0.778. The van der Waals surface area contributed by atoms with E-state index < -0.39 is 60.4 Å². The normalized spacial score (nSPS) is 31.5. The molecule has 258 valence electrons. The fourth-order valence-corrected chi connectivity index (χ4v) is 6.74. The summed E-state index contributed by atoms with van der Waals surface area (Å²) in [6.07, 6.45) is 2.78. The molecule has 46 heavy (non-hydrogen) atoms. The molecule has 15 nitrogen and oxygen atoms in total. The molecule has 4 bridgehead atoms. The van der Waals surface area contributed by atoms with Gasteiger partial charge in [-0.3, -0.25) is 9.59 Å². The average molecular weight is 657 g/mol. The summed E-state index contributed by atoms with van der Waals surface area (Å²) in [4.78, 5) is 68.7. The fraction of sp³-hybridized carbons (Fsp3) is 0.806. The summed E-state index contributed by atoms with van der Waals surface area (Å²) in [7, 11) is 0. The van der Waals surface area contributed by atoms with Crippen molar-refractivity contribution in [1.82, 2.24) is 0 Å². The van der Waals surface area contributed by atoms with Crippen molar-refractivity contribution < 1.29 is 71.4 Å². The lowest BCUT2D eigenvalue weighted by molar-refractivity contribution is -0.225. The van der Waals surface area contributed by atoms with E-state index in [-0.39, 0.29) is 44.2 Å². The second-order valence-corrected chi connectivity index (χ2v) is 12.9. The minimum Gasteiger partial charge on any atom is -0.459 e. The number of ether oxygens (including phenoxy) is 9. The molecule has 0 amide bonds. The first-order valence-corrected chi connectivity index (χ1v) is 15.9. The molecule has 6 rings (SSSR count). The van der Waals surface area contributed by atoms with Gasteiger partial charge in [-0.1, -0.05) is 27.7 Å². The Kier molecular flexibility index (Phi) is 11.6. The van der Waals surface area contributed by atoms with Gasteiger partial charge in [-0.2, -0.15) is 0 Å². The van der Waals surface area contributed by atoms with E-state index in [9.17, 15) is 28.8 Å². The third-order valence-corrected chi connectivity index (χ3v) is 9.05. The first-order valence-electron chi connectivity index (χ1n) is 15.9. The summed E-state index contributed by atoms with van der Waals surface area (Å²) in [5, 5.41) is 0. The highest BCUT2D eigenvalue weighted by Crippen LogP contribution is 2.60. The Hall–Kier alpha value is -3.78. The smallest absolute Gasteiger partial charge is 0.459 e. The fourth-order valence-electron chi connectivity index (χ4n) is 6.74. The molecule has 4 aliphatic carbocycles. The van der Waals surface area contributed by atoms with E-state index in [1.807, 2.05) is 20.8 Å². The van der Waals surface area contributed by atoms with Crippen molar-refractivity contribution in [1.29, 1.82) is 0 Å². The molecular weight excluding hydrogens is 612 g/mol. The Morgan fingerprint density at radius 3 is 1.74 bits per heavy atom. The lowest BCUT2D eigenvalue weighted by Gasteiger charge is -2.60. The van der Waals surface area contributed by atoms with Gasteiger partial charge in [0.15, 0.2) is 18.8 Å². The van der Waals surface area contributed by atoms with E-state index in [0.29, 0.717) is 24.7 Å². The van der Waals surface area contributed by atoms with Crippen LogP contribution in [0.15, 0.2) is 0 Å². The number of carbonyl (C=O) groups excluding carboxylic acids is 6. The number of rotatable bonds is 12. The Labute approximate surface area is 267 Å². The molecule has 2 aliphatic heterocycles. The van der Waals surface area contributed by atoms with Crippen LogP contribution >= 0.6 is 0 Å². The van der Waals surface area contributed by atoms with Gasteiger partial charge in [0, 0.05) is 6.42 Å². The van der Waals surface area contributed by atoms with E-state index in [0.717, 1.165) is 38.5 Å². The number of cyclic esters (lactones) is 4. The largest absolute Gasteiger partial charge is 0.508 e. The molecule has 0 aromatic heterocycles. The van der Waals surface area contributed by atoms with Crippen molar-refractivity contribution in [3.05, 3.63) is 0 Å². The van der Waals surface area contributed by atoms with Crippen LogP contribution in [0.4, 0.5) is 14.4 Å². The Bertz CT molecular complexity index is 1140. The van der Waals surface area contributed by atoms with Gasteiger partial charge in [0.1, 0.15) is 37.6 Å². The maximum Gasteiger partial charge on any atom is 0.508 e. The van der Waals surface area contributed by atoms with Crippen molar-refractivity contribution in [3.63, 3.8) is 0 Å². The molecule has 6 unspecified atom stereocenters. The van der Waals surface area contributed by atoms with Crippen LogP contribution in [0.25, 0.3) is 0 Å². The maximum absolute atomic E-state index is 12.5. The molecular formula is C31H44O15. The van der Waals surface area contributed by atoms with Crippen LogP contribution in [0.3, 0.4) is 0 Å². The highest BCUT2D eigenvalue weighted by atomic mass is 16.8. The van der Waals surface area contributed by atoms with Crippen LogP contribution in [-0.4, -0.2) is 92.8 Å². The van der Waals surface area contributed by atoms with Gasteiger partial charge in [-0.15, -0.1) is 0 Å². The second-order valence-electron chi connectivity index (χ2n) is 12.9. The molecule has 0 spiro atoms. The average Bonchev–Trinajstić information content (AvgIpc) is 3.62. The molecule has 0 aromatic rings. The van der Waals surface area contributed by atoms with Gasteiger partial charge in [0.05, 0.1) is 11.8 Å². The SMILES string of the molecule is CCC(C)C(=O)OC12CC3CC(CC(OC(=O)OCC4COC(=O)O4)(C3)C1)C2.CCC(C)C(=O)OCC(=O)OCC1COC(=O)O1. The van der Waals surface area contributed by atoms with Crippen LogP contribution in [-0.2, 0) is 57.0 Å². The van der Waals surface area contributed by atoms with Gasteiger partial charge in [0.2, 0.25) is 0 Å². The summed E-state index contributed by atoms with van der Waals surface area (Å²) in [5.41, 5.74) is -1.17. The number of hydrogen-bond donors (Lipinski definition) is 0. The summed E-state index contributed by atoms with van der Waals surface area (Å²) in [5.74, 6) is -0.885. The number of esters is 3. The number of carbonyl (C=O) groups is 6. The highest BCUT2D eigenvalue weighted by Gasteiger charge is 2.62. The minimum absolute atomic E-state index is 0.0543. The summed E-state index contributed by atoms with van der Waals surface area (Å²) >= 11 is 0. The van der Waals surface area contributed by atoms with Gasteiger partial charge < -0.3 is 42.6 Å². The quantitative estimate of drug-likeness (QED) is 0.216. The zero-order valence-electron chi connectivity index (χ0n) is 26.8. The molecule has 0 radical (unpaired) electrons. The zero-order chi connectivity index (χ0) is 33.5. The van der Waals surface area contributed by atoms with Crippen LogP contribution in [0.2, 0.25) is 0 Å². The molecule has 4 saturated carbocycles. The molecule has 6 aliphatic rings. The van der Waals surface area contributed by atoms with Crippen LogP contribution in [0.1, 0.15) is 79.1 Å². The first-order chi connectivity index (χ1) is 21.8. The Morgan fingerprint density at radius 2 is 1.24 bits per heavy atom. The third kappa shape index (κ3) is 9.38. The van der Waals surface area contributed by atoms with Gasteiger partial charge in [-0.05, 0) is 56.8 Å². The van der Waals surface area contributed by atoms with E-state index in [1.54, 1.807) is 6.92 Å². The number of hydrogen-bond acceptors (Lipinski definition) is 15. The molecule has 0 aromatic carbocycles. The van der Waals surface area contributed by atoms with Crippen LogP contribution in [0, 0.1) is 23.7 Å². The van der Waals surface area contributed by atoms with Crippen molar-refractivity contribution in [2.45, 2.75) is 102 Å². The molecule has 15 heteroatoms. The summed E-state index contributed by atoms with van der Waals surface area (Å²) < 4.78 is 45.1. The maximum atomic E-state index is 12.5. The monoisotopic (exact) mass is 656 g/mol. The van der Waals surface area contributed by atoms with Crippen molar-refractivity contribution >= 4 is 36.4 Å². The van der Waals surface area contributed by atoms with E-state index in [1.165, 1.54) is 0 Å². The topological polar surface area (TPSA) is 185 Å². The van der Waals surface area contributed by atoms with Gasteiger partial charge >= 0.3 is 36.4 Å². The third-order valence-electron chi connectivity index (χ3n) is 9.05. The van der Waals surface area contributed by atoms with E-state index >= 15 is 0 Å². The summed E-state index contributed by atoms with van der Waals surface area (Å²) in [6.45, 7) is 6.89. The highest BCUT2D eigenvalue weighted by molar-refractivity contribution is 5.77. The zero-order valence-corrected chi connectivity index (χ0v) is 26.8. The van der Waals surface area contributed by atoms with Crippen LogP contribution < -0.4 is 0 Å². The van der Waals surface area contributed by atoms with Crippen molar-refractivity contribution in [3.8, 4) is 0 Å². The first kappa shape index (κ1) is 35.1. The molecule has 6 fully saturated rings. The van der Waals surface area contributed by atoms with Crippen LogP contribution in [0.5, 0.6) is 0 Å². The van der Waals surface area contributed by atoms with Crippen molar-refractivity contribution in [2.75, 3.05) is 33.0 Å². The Balaban J connectivity index is 0.000000232.